The van der Waals surface area contributed by atoms with Crippen LogP contribution in [0, 0.1) is 18.3 Å². The third-order valence-electron chi connectivity index (χ3n) is 5.49. The standard InChI is InChI=1S/C24H31N3O2S/c1-14(2)16-9-8-15(3)10-19(16)29-13-20(28)26-22-18(12-25)17-11-23(4,5)27-24(6,7)21(17)30-22/h8-10,14,27H,11,13H2,1-7H3,(H,26,28)/p+1. The molecule has 3 N–H and O–H groups in total. The average Bonchev–Trinajstić information content (AvgIpc) is 2.95. The van der Waals surface area contributed by atoms with E-state index in [2.05, 4.69) is 70.4 Å². The minimum absolute atomic E-state index is 0.00593. The summed E-state index contributed by atoms with van der Waals surface area (Å²) in [6.45, 7) is 14.9. The topological polar surface area (TPSA) is 78.7 Å². The van der Waals surface area contributed by atoms with Crippen LogP contribution < -0.4 is 15.4 Å². The molecule has 0 radical (unpaired) electrons. The van der Waals surface area contributed by atoms with E-state index in [4.69, 9.17) is 4.74 Å². The molecular formula is C24H32N3O2S+. The molecule has 1 aliphatic rings. The number of nitrogens with one attached hydrogen (secondary N) is 1. The highest BCUT2D eigenvalue weighted by atomic mass is 32.1. The quantitative estimate of drug-likeness (QED) is 0.752. The Morgan fingerprint density at radius 1 is 1.33 bits per heavy atom. The summed E-state index contributed by atoms with van der Waals surface area (Å²) in [7, 11) is 0. The van der Waals surface area contributed by atoms with E-state index >= 15 is 0 Å². The fourth-order valence-corrected chi connectivity index (χ4v) is 5.72. The molecule has 0 saturated carbocycles. The number of aryl methyl sites for hydroxylation is 1. The Balaban J connectivity index is 1.80. The van der Waals surface area contributed by atoms with E-state index in [1.165, 1.54) is 11.3 Å². The van der Waals surface area contributed by atoms with Crippen molar-refractivity contribution in [3.63, 3.8) is 0 Å². The monoisotopic (exact) mass is 426 g/mol. The molecule has 30 heavy (non-hydrogen) atoms. The molecule has 1 aliphatic heterocycles. The van der Waals surface area contributed by atoms with Crippen molar-refractivity contribution in [2.45, 2.75) is 71.9 Å². The van der Waals surface area contributed by atoms with Gasteiger partial charge in [-0.3, -0.25) is 4.79 Å². The van der Waals surface area contributed by atoms with Crippen molar-refractivity contribution in [2.75, 3.05) is 11.9 Å². The zero-order chi connectivity index (χ0) is 22.3. The predicted molar refractivity (Wildman–Crippen MR) is 121 cm³/mol. The van der Waals surface area contributed by atoms with Gasteiger partial charge in [0.1, 0.15) is 22.4 Å². The lowest BCUT2D eigenvalue weighted by Gasteiger charge is -2.38. The number of fused-ring (bicyclic) bond motifs is 1. The maximum Gasteiger partial charge on any atom is 0.262 e. The number of ether oxygens (including phenoxy) is 1. The zero-order valence-corrected chi connectivity index (χ0v) is 19.8. The summed E-state index contributed by atoms with van der Waals surface area (Å²) in [6, 6.07) is 8.40. The molecule has 0 atom stereocenters. The predicted octanol–water partition coefficient (Wildman–Crippen LogP) is 4.20. The third-order valence-corrected chi connectivity index (χ3v) is 6.98. The van der Waals surface area contributed by atoms with Crippen molar-refractivity contribution in [1.29, 1.82) is 5.26 Å². The lowest BCUT2D eigenvalue weighted by atomic mass is 9.81. The normalized spacial score (nSPS) is 16.6. The summed E-state index contributed by atoms with van der Waals surface area (Å²) in [5.74, 6) is 0.797. The van der Waals surface area contributed by atoms with Gasteiger partial charge in [-0.25, -0.2) is 0 Å². The smallest absolute Gasteiger partial charge is 0.262 e. The Morgan fingerprint density at radius 3 is 2.67 bits per heavy atom. The Labute approximate surface area is 183 Å². The fourth-order valence-electron chi connectivity index (χ4n) is 4.46. The summed E-state index contributed by atoms with van der Waals surface area (Å²) in [5, 5.41) is 15.7. The molecule has 5 nitrogen and oxygen atoms in total. The van der Waals surface area contributed by atoms with Crippen LogP contribution in [0.1, 0.15) is 74.6 Å². The van der Waals surface area contributed by atoms with Gasteiger partial charge in [0.25, 0.3) is 5.91 Å². The molecule has 3 rings (SSSR count). The Bertz CT molecular complexity index is 1010. The lowest BCUT2D eigenvalue weighted by Crippen LogP contribution is -3.03. The lowest BCUT2D eigenvalue weighted by molar-refractivity contribution is -0.789. The largest absolute Gasteiger partial charge is 0.483 e. The second-order valence-corrected chi connectivity index (χ2v) is 10.8. The highest BCUT2D eigenvalue weighted by Crippen LogP contribution is 2.41. The summed E-state index contributed by atoms with van der Waals surface area (Å²) >= 11 is 1.51. The molecule has 2 aromatic rings. The molecule has 0 saturated heterocycles. The van der Waals surface area contributed by atoms with Crippen molar-refractivity contribution in [2.24, 2.45) is 0 Å². The van der Waals surface area contributed by atoms with Gasteiger partial charge in [-0.15, -0.1) is 11.3 Å². The molecule has 1 aromatic heterocycles. The summed E-state index contributed by atoms with van der Waals surface area (Å²) in [5.41, 5.74) is 3.70. The molecule has 6 heteroatoms. The number of rotatable bonds is 5. The minimum Gasteiger partial charge on any atom is -0.483 e. The number of hydrogen-bond donors (Lipinski definition) is 2. The van der Waals surface area contributed by atoms with E-state index in [0.29, 0.717) is 16.5 Å². The van der Waals surface area contributed by atoms with E-state index in [1.54, 1.807) is 0 Å². The van der Waals surface area contributed by atoms with Crippen LogP contribution in [0.3, 0.4) is 0 Å². The molecule has 2 heterocycles. The molecule has 1 amide bonds. The number of carbonyl (C=O) groups is 1. The van der Waals surface area contributed by atoms with Crippen molar-refractivity contribution < 1.29 is 14.8 Å². The number of hydrogen-bond acceptors (Lipinski definition) is 4. The number of anilines is 1. The number of carbonyl (C=O) groups excluding carboxylic acids is 1. The van der Waals surface area contributed by atoms with Crippen molar-refractivity contribution in [3.8, 4) is 11.8 Å². The molecule has 0 bridgehead atoms. The first-order valence-corrected chi connectivity index (χ1v) is 11.2. The number of amides is 1. The van der Waals surface area contributed by atoms with Crippen LogP contribution in [0.25, 0.3) is 0 Å². The summed E-state index contributed by atoms with van der Waals surface area (Å²) in [6.07, 6.45) is 0.804. The number of thiophene rings is 1. The van der Waals surface area contributed by atoms with Crippen LogP contribution in [0.2, 0.25) is 0 Å². The van der Waals surface area contributed by atoms with Crippen LogP contribution >= 0.6 is 11.3 Å². The minimum atomic E-state index is -0.248. The van der Waals surface area contributed by atoms with Gasteiger partial charge in [-0.2, -0.15) is 5.26 Å². The molecule has 1 aromatic carbocycles. The molecule has 0 spiro atoms. The van der Waals surface area contributed by atoms with Crippen molar-refractivity contribution in [3.05, 3.63) is 45.3 Å². The summed E-state index contributed by atoms with van der Waals surface area (Å²) in [4.78, 5) is 13.8. The molecule has 0 unspecified atom stereocenters. The molecule has 160 valence electrons. The van der Waals surface area contributed by atoms with Gasteiger partial charge in [0.15, 0.2) is 6.61 Å². The number of quaternary nitrogens is 1. The van der Waals surface area contributed by atoms with Crippen LogP contribution in [0.4, 0.5) is 5.00 Å². The van der Waals surface area contributed by atoms with Crippen molar-refractivity contribution >= 4 is 22.2 Å². The summed E-state index contributed by atoms with van der Waals surface area (Å²) < 4.78 is 5.87. The zero-order valence-electron chi connectivity index (χ0n) is 19.0. The second kappa shape index (κ2) is 8.05. The van der Waals surface area contributed by atoms with E-state index in [9.17, 15) is 10.1 Å². The number of nitriles is 1. The van der Waals surface area contributed by atoms with E-state index in [0.717, 1.165) is 33.7 Å². The van der Waals surface area contributed by atoms with E-state index < -0.39 is 0 Å². The Hall–Kier alpha value is -2.36. The number of nitrogens with zero attached hydrogens (tertiary/aromatic N) is 1. The van der Waals surface area contributed by atoms with E-state index in [-0.39, 0.29) is 23.6 Å². The molecule has 0 aliphatic carbocycles. The Morgan fingerprint density at radius 2 is 2.03 bits per heavy atom. The first kappa shape index (κ1) is 22.3. The van der Waals surface area contributed by atoms with Gasteiger partial charge in [0, 0.05) is 6.42 Å². The number of benzene rings is 1. The SMILES string of the molecule is Cc1ccc(C(C)C)c(OCC(=O)Nc2sc3c(c2C#N)CC(C)(C)[NH2+]C3(C)C)c1. The fraction of sp³-hybridized carbons (Fsp3) is 0.500. The first-order valence-electron chi connectivity index (χ1n) is 10.4. The molecular weight excluding hydrogens is 394 g/mol. The van der Waals surface area contributed by atoms with Crippen LogP contribution in [0.5, 0.6) is 5.75 Å². The van der Waals surface area contributed by atoms with E-state index in [1.807, 2.05) is 13.0 Å². The van der Waals surface area contributed by atoms with Gasteiger partial charge in [0.2, 0.25) is 0 Å². The number of nitrogens with two attached hydrogens (primary N) is 1. The van der Waals surface area contributed by atoms with Gasteiger partial charge in [-0.05, 0) is 63.3 Å². The third kappa shape index (κ3) is 4.53. The van der Waals surface area contributed by atoms with Crippen LogP contribution in [-0.2, 0) is 16.8 Å². The van der Waals surface area contributed by atoms with Crippen LogP contribution in [-0.4, -0.2) is 18.1 Å². The van der Waals surface area contributed by atoms with Gasteiger partial charge >= 0.3 is 0 Å². The highest BCUT2D eigenvalue weighted by Gasteiger charge is 2.44. The second-order valence-electron chi connectivity index (χ2n) is 9.79. The Kier molecular flexibility index (Phi) is 5.99. The maximum absolute atomic E-state index is 12.7. The van der Waals surface area contributed by atoms with Crippen LogP contribution in [0.15, 0.2) is 18.2 Å². The average molecular weight is 427 g/mol. The molecule has 0 fully saturated rings. The first-order chi connectivity index (χ1) is 13.9. The van der Waals surface area contributed by atoms with Crippen molar-refractivity contribution in [1.82, 2.24) is 0 Å². The van der Waals surface area contributed by atoms with Gasteiger partial charge < -0.3 is 15.4 Å². The van der Waals surface area contributed by atoms with Gasteiger partial charge in [-0.1, -0.05) is 26.0 Å². The maximum atomic E-state index is 12.7. The highest BCUT2D eigenvalue weighted by molar-refractivity contribution is 7.16. The van der Waals surface area contributed by atoms with Gasteiger partial charge in [0.05, 0.1) is 16.0 Å².